The number of hydrogen-bond donors (Lipinski definition) is 1. The van der Waals surface area contributed by atoms with E-state index in [4.69, 9.17) is 9.47 Å². The molecule has 0 fully saturated rings. The Kier molecular flexibility index (Phi) is 6.54. The van der Waals surface area contributed by atoms with Gasteiger partial charge in [-0.3, -0.25) is 19.6 Å². The van der Waals surface area contributed by atoms with Crippen LogP contribution < -0.4 is 14.8 Å². The fourth-order valence-corrected chi connectivity index (χ4v) is 2.49. The lowest BCUT2D eigenvalue weighted by Gasteiger charge is -2.10. The van der Waals surface area contributed by atoms with E-state index in [0.29, 0.717) is 30.2 Å². The summed E-state index contributed by atoms with van der Waals surface area (Å²) in [5.74, 6) is 1.16. The highest BCUT2D eigenvalue weighted by Crippen LogP contribution is 2.27. The van der Waals surface area contributed by atoms with Crippen molar-refractivity contribution in [3.05, 3.63) is 45.8 Å². The van der Waals surface area contributed by atoms with E-state index in [1.807, 2.05) is 18.2 Å². The first-order valence-corrected chi connectivity index (χ1v) is 8.10. The van der Waals surface area contributed by atoms with Crippen LogP contribution in [0.3, 0.4) is 0 Å². The number of amides is 1. The molecule has 0 bridgehead atoms. The zero-order chi connectivity index (χ0) is 19.1. The maximum atomic E-state index is 11.9. The maximum Gasteiger partial charge on any atom is 0.309 e. The number of hydrogen-bond acceptors (Lipinski definition) is 6. The minimum absolute atomic E-state index is 0.0427. The van der Waals surface area contributed by atoms with Crippen molar-refractivity contribution in [1.82, 2.24) is 15.1 Å². The number of methoxy groups -OCH3 is 2. The summed E-state index contributed by atoms with van der Waals surface area (Å²) >= 11 is 0. The second-order valence-electron chi connectivity index (χ2n) is 5.66. The molecular formula is C17H22N4O5. The van der Waals surface area contributed by atoms with Crippen LogP contribution >= 0.6 is 0 Å². The van der Waals surface area contributed by atoms with Gasteiger partial charge in [0.25, 0.3) is 0 Å². The van der Waals surface area contributed by atoms with Crippen LogP contribution in [0.4, 0.5) is 5.69 Å². The summed E-state index contributed by atoms with van der Waals surface area (Å²) in [6.07, 6.45) is 2.19. The Balaban J connectivity index is 1.79. The Labute approximate surface area is 151 Å². The third kappa shape index (κ3) is 4.95. The van der Waals surface area contributed by atoms with E-state index in [-0.39, 0.29) is 24.6 Å². The average Bonchev–Trinajstić information content (AvgIpc) is 3.00. The van der Waals surface area contributed by atoms with Crippen LogP contribution in [-0.2, 0) is 17.8 Å². The van der Waals surface area contributed by atoms with Crippen molar-refractivity contribution in [1.29, 1.82) is 0 Å². The first kappa shape index (κ1) is 19.2. The van der Waals surface area contributed by atoms with Gasteiger partial charge in [0.05, 0.1) is 19.1 Å². The van der Waals surface area contributed by atoms with Gasteiger partial charge in [0.2, 0.25) is 5.91 Å². The first-order valence-electron chi connectivity index (χ1n) is 8.10. The van der Waals surface area contributed by atoms with Crippen LogP contribution in [0.25, 0.3) is 0 Å². The number of ether oxygens (including phenoxy) is 2. The van der Waals surface area contributed by atoms with E-state index >= 15 is 0 Å². The lowest BCUT2D eigenvalue weighted by atomic mass is 10.1. The molecule has 0 aliphatic carbocycles. The number of aromatic nitrogens is 2. The zero-order valence-electron chi connectivity index (χ0n) is 15.0. The van der Waals surface area contributed by atoms with Crippen molar-refractivity contribution in [3.8, 4) is 11.5 Å². The third-order valence-corrected chi connectivity index (χ3v) is 3.87. The van der Waals surface area contributed by atoms with Gasteiger partial charge in [0, 0.05) is 19.5 Å². The minimum Gasteiger partial charge on any atom is -0.493 e. The predicted octanol–water partition coefficient (Wildman–Crippen LogP) is 1.87. The molecule has 0 atom stereocenters. The van der Waals surface area contributed by atoms with E-state index in [0.717, 1.165) is 5.56 Å². The standard InChI is InChI=1S/C17H22N4O5/c1-12-14(21(23)24)11-20(19-12)9-7-17(22)18-8-6-13-4-5-15(25-2)16(10-13)26-3/h4-5,10-11H,6-9H2,1-3H3,(H,18,22). The molecule has 1 N–H and O–H groups in total. The van der Waals surface area contributed by atoms with Crippen LogP contribution in [0.15, 0.2) is 24.4 Å². The number of carbonyl (C=O) groups excluding carboxylic acids is 1. The number of nitrogens with zero attached hydrogens (tertiary/aromatic N) is 3. The maximum absolute atomic E-state index is 11.9. The Morgan fingerprint density at radius 3 is 2.65 bits per heavy atom. The average molecular weight is 362 g/mol. The van der Waals surface area contributed by atoms with Gasteiger partial charge in [-0.15, -0.1) is 0 Å². The molecule has 0 saturated heterocycles. The molecule has 2 rings (SSSR count). The van der Waals surface area contributed by atoms with Gasteiger partial charge < -0.3 is 14.8 Å². The molecule has 140 valence electrons. The molecule has 26 heavy (non-hydrogen) atoms. The number of benzene rings is 1. The largest absolute Gasteiger partial charge is 0.493 e. The summed E-state index contributed by atoms with van der Waals surface area (Å²) in [5.41, 5.74) is 1.31. The zero-order valence-corrected chi connectivity index (χ0v) is 15.0. The normalized spacial score (nSPS) is 10.4. The van der Waals surface area contributed by atoms with Crippen LogP contribution in [0.1, 0.15) is 17.7 Å². The molecule has 0 saturated carbocycles. The van der Waals surface area contributed by atoms with Crippen molar-refractivity contribution < 1.29 is 19.2 Å². The van der Waals surface area contributed by atoms with Crippen LogP contribution in [0.2, 0.25) is 0 Å². The molecule has 1 amide bonds. The highest BCUT2D eigenvalue weighted by Gasteiger charge is 2.15. The molecule has 2 aromatic rings. The molecule has 9 heteroatoms. The molecule has 1 aromatic carbocycles. The summed E-state index contributed by atoms with van der Waals surface area (Å²) in [6.45, 7) is 2.33. The quantitative estimate of drug-likeness (QED) is 0.539. The highest BCUT2D eigenvalue weighted by atomic mass is 16.6. The second kappa shape index (κ2) is 8.84. The molecule has 1 heterocycles. The molecular weight excluding hydrogens is 340 g/mol. The molecule has 0 spiro atoms. The van der Waals surface area contributed by atoms with Gasteiger partial charge in [-0.05, 0) is 31.0 Å². The van der Waals surface area contributed by atoms with Gasteiger partial charge in [-0.1, -0.05) is 6.07 Å². The lowest BCUT2D eigenvalue weighted by Crippen LogP contribution is -2.26. The van der Waals surface area contributed by atoms with Crippen molar-refractivity contribution in [2.45, 2.75) is 26.3 Å². The fourth-order valence-electron chi connectivity index (χ4n) is 2.49. The summed E-state index contributed by atoms with van der Waals surface area (Å²) < 4.78 is 11.9. The number of carbonyl (C=O) groups is 1. The van der Waals surface area contributed by atoms with E-state index < -0.39 is 4.92 Å². The predicted molar refractivity (Wildman–Crippen MR) is 94.5 cm³/mol. The van der Waals surface area contributed by atoms with Crippen molar-refractivity contribution in [2.24, 2.45) is 0 Å². The molecule has 9 nitrogen and oxygen atoms in total. The molecule has 0 aliphatic heterocycles. The molecule has 0 radical (unpaired) electrons. The summed E-state index contributed by atoms with van der Waals surface area (Å²) in [4.78, 5) is 22.2. The van der Waals surface area contributed by atoms with E-state index in [9.17, 15) is 14.9 Å². The smallest absolute Gasteiger partial charge is 0.309 e. The molecule has 0 aliphatic rings. The SMILES string of the molecule is COc1ccc(CCNC(=O)CCn2cc([N+](=O)[O-])c(C)n2)cc1OC. The lowest BCUT2D eigenvalue weighted by molar-refractivity contribution is -0.385. The van der Waals surface area contributed by atoms with E-state index in [1.54, 1.807) is 21.1 Å². The Hall–Kier alpha value is -3.10. The Morgan fingerprint density at radius 2 is 2.04 bits per heavy atom. The third-order valence-electron chi connectivity index (χ3n) is 3.87. The molecule has 1 aromatic heterocycles. The van der Waals surface area contributed by atoms with Gasteiger partial charge in [-0.25, -0.2) is 0 Å². The monoisotopic (exact) mass is 362 g/mol. The molecule has 0 unspecified atom stereocenters. The summed E-state index contributed by atoms with van der Waals surface area (Å²) in [6, 6.07) is 5.61. The van der Waals surface area contributed by atoms with Gasteiger partial charge in [0.15, 0.2) is 11.5 Å². The second-order valence-corrected chi connectivity index (χ2v) is 5.66. The Bertz CT molecular complexity index is 787. The van der Waals surface area contributed by atoms with Crippen molar-refractivity contribution in [3.63, 3.8) is 0 Å². The topological polar surface area (TPSA) is 109 Å². The van der Waals surface area contributed by atoms with Crippen LogP contribution in [0.5, 0.6) is 11.5 Å². The van der Waals surface area contributed by atoms with Crippen molar-refractivity contribution in [2.75, 3.05) is 20.8 Å². The summed E-state index contributed by atoms with van der Waals surface area (Å²) in [5, 5.41) is 17.7. The van der Waals surface area contributed by atoms with E-state index in [2.05, 4.69) is 10.4 Å². The Morgan fingerprint density at radius 1 is 1.31 bits per heavy atom. The number of nitrogens with one attached hydrogen (secondary N) is 1. The van der Waals surface area contributed by atoms with Gasteiger partial charge in [0.1, 0.15) is 11.9 Å². The summed E-state index contributed by atoms with van der Waals surface area (Å²) in [7, 11) is 3.15. The number of nitro groups is 1. The number of aryl methyl sites for hydroxylation is 2. The fraction of sp³-hybridized carbons (Fsp3) is 0.412. The minimum atomic E-state index is -0.484. The van der Waals surface area contributed by atoms with Crippen LogP contribution in [0, 0.1) is 17.0 Å². The van der Waals surface area contributed by atoms with Gasteiger partial charge in [-0.2, -0.15) is 5.10 Å². The first-order chi connectivity index (χ1) is 12.4. The number of rotatable bonds is 9. The van der Waals surface area contributed by atoms with E-state index in [1.165, 1.54) is 10.9 Å². The van der Waals surface area contributed by atoms with Gasteiger partial charge >= 0.3 is 5.69 Å². The highest BCUT2D eigenvalue weighted by molar-refractivity contribution is 5.75. The van der Waals surface area contributed by atoms with Crippen LogP contribution in [-0.4, -0.2) is 41.4 Å². The van der Waals surface area contributed by atoms with Crippen molar-refractivity contribution >= 4 is 11.6 Å².